The van der Waals surface area contributed by atoms with Gasteiger partial charge in [0.1, 0.15) is 5.82 Å². The van der Waals surface area contributed by atoms with Gasteiger partial charge in [0.05, 0.1) is 11.0 Å². The van der Waals surface area contributed by atoms with Gasteiger partial charge in [0.25, 0.3) is 0 Å². The zero-order chi connectivity index (χ0) is 17.9. The Hall–Kier alpha value is -2.58. The number of aryl methyl sites for hydroxylation is 3. The third kappa shape index (κ3) is 3.51. The van der Waals surface area contributed by atoms with E-state index in [1.165, 1.54) is 16.6 Å². The van der Waals surface area contributed by atoms with E-state index < -0.39 is 0 Å². The number of benzene rings is 3. The summed E-state index contributed by atoms with van der Waals surface area (Å²) in [6.07, 6.45) is 2.14. The van der Waals surface area contributed by atoms with Crippen molar-refractivity contribution in [2.45, 2.75) is 26.3 Å². The van der Waals surface area contributed by atoms with Crippen LogP contribution in [0.3, 0.4) is 0 Å². The molecule has 3 heteroatoms. The van der Waals surface area contributed by atoms with Crippen molar-refractivity contribution in [3.8, 4) is 11.4 Å². The second kappa shape index (κ2) is 7.35. The van der Waals surface area contributed by atoms with Crippen LogP contribution in [-0.4, -0.2) is 9.55 Å². The normalized spacial score (nSPS) is 11.2. The van der Waals surface area contributed by atoms with Crippen molar-refractivity contribution in [2.75, 3.05) is 0 Å². The monoisotopic (exact) mass is 360 g/mol. The lowest BCUT2D eigenvalue weighted by Crippen LogP contribution is -2.02. The highest BCUT2D eigenvalue weighted by molar-refractivity contribution is 6.30. The fourth-order valence-corrected chi connectivity index (χ4v) is 3.49. The highest BCUT2D eigenvalue weighted by Crippen LogP contribution is 2.27. The number of imidazole rings is 1. The van der Waals surface area contributed by atoms with E-state index >= 15 is 0 Å². The third-order valence-electron chi connectivity index (χ3n) is 4.70. The van der Waals surface area contributed by atoms with Crippen LogP contribution >= 0.6 is 11.6 Å². The van der Waals surface area contributed by atoms with E-state index in [1.54, 1.807) is 0 Å². The van der Waals surface area contributed by atoms with Crippen LogP contribution in [0.1, 0.15) is 17.5 Å². The second-order valence-electron chi connectivity index (χ2n) is 6.68. The van der Waals surface area contributed by atoms with Gasteiger partial charge >= 0.3 is 0 Å². The predicted molar refractivity (Wildman–Crippen MR) is 110 cm³/mol. The Morgan fingerprint density at radius 3 is 2.46 bits per heavy atom. The molecule has 0 aliphatic carbocycles. The predicted octanol–water partition coefficient (Wildman–Crippen LogP) is 6.30. The summed E-state index contributed by atoms with van der Waals surface area (Å²) in [5.74, 6) is 1.01. The molecule has 0 fully saturated rings. The number of rotatable bonds is 5. The Bertz CT molecular complexity index is 1020. The first-order valence-electron chi connectivity index (χ1n) is 8.97. The molecule has 0 unspecified atom stereocenters. The summed E-state index contributed by atoms with van der Waals surface area (Å²) in [5, 5.41) is 0.747. The van der Waals surface area contributed by atoms with E-state index in [2.05, 4.69) is 60.0 Å². The molecule has 0 radical (unpaired) electrons. The molecule has 4 aromatic rings. The minimum Gasteiger partial charge on any atom is -0.324 e. The van der Waals surface area contributed by atoms with Gasteiger partial charge < -0.3 is 4.57 Å². The van der Waals surface area contributed by atoms with E-state index in [-0.39, 0.29) is 0 Å². The van der Waals surface area contributed by atoms with Crippen LogP contribution in [0.5, 0.6) is 0 Å². The quantitative estimate of drug-likeness (QED) is 0.408. The van der Waals surface area contributed by atoms with Crippen LogP contribution < -0.4 is 0 Å². The number of halogens is 1. The number of aromatic nitrogens is 2. The Morgan fingerprint density at radius 1 is 0.923 bits per heavy atom. The summed E-state index contributed by atoms with van der Waals surface area (Å²) < 4.78 is 2.34. The number of hydrogen-bond acceptors (Lipinski definition) is 1. The molecule has 0 aliphatic heterocycles. The Morgan fingerprint density at radius 2 is 1.69 bits per heavy atom. The van der Waals surface area contributed by atoms with Crippen molar-refractivity contribution in [1.82, 2.24) is 9.55 Å². The lowest BCUT2D eigenvalue weighted by Gasteiger charge is -2.10. The Balaban J connectivity index is 1.69. The molecular formula is C23H21ClN2. The highest BCUT2D eigenvalue weighted by atomic mass is 35.5. The van der Waals surface area contributed by atoms with E-state index in [9.17, 15) is 0 Å². The van der Waals surface area contributed by atoms with E-state index in [0.29, 0.717) is 0 Å². The first-order valence-corrected chi connectivity index (χ1v) is 9.35. The van der Waals surface area contributed by atoms with Gasteiger partial charge in [-0.15, -0.1) is 0 Å². The maximum Gasteiger partial charge on any atom is 0.141 e. The molecule has 0 N–H and O–H groups in total. The van der Waals surface area contributed by atoms with Crippen LogP contribution in [-0.2, 0) is 13.0 Å². The molecule has 0 aliphatic rings. The Kier molecular flexibility index (Phi) is 4.77. The lowest BCUT2D eigenvalue weighted by atomic mass is 10.1. The molecule has 0 saturated heterocycles. The number of nitrogens with zero attached hydrogens (tertiary/aromatic N) is 2. The summed E-state index contributed by atoms with van der Waals surface area (Å²) >= 11 is 6.06. The van der Waals surface area contributed by atoms with Gasteiger partial charge in [-0.05, 0) is 67.3 Å². The molecule has 3 aromatic carbocycles. The highest BCUT2D eigenvalue weighted by Gasteiger charge is 2.12. The summed E-state index contributed by atoms with van der Waals surface area (Å²) in [6.45, 7) is 3.06. The first kappa shape index (κ1) is 16.9. The minimum atomic E-state index is 0.747. The number of hydrogen-bond donors (Lipinski definition) is 0. The standard InChI is InChI=1S/C23H21ClN2/c1-17-9-14-21-22(16-17)26(15-5-8-18-6-3-2-4-7-18)23(25-21)19-10-12-20(24)13-11-19/h2-4,6-7,9-14,16H,5,8,15H2,1H3. The summed E-state index contributed by atoms with van der Waals surface area (Å²) in [4.78, 5) is 4.90. The third-order valence-corrected chi connectivity index (χ3v) is 4.95. The molecule has 0 bridgehead atoms. The molecule has 1 heterocycles. The molecule has 1 aromatic heterocycles. The second-order valence-corrected chi connectivity index (χ2v) is 7.11. The minimum absolute atomic E-state index is 0.747. The van der Waals surface area contributed by atoms with Crippen molar-refractivity contribution < 1.29 is 0 Å². The Labute approximate surface area is 159 Å². The van der Waals surface area contributed by atoms with Crippen LogP contribution in [0.25, 0.3) is 22.4 Å². The maximum absolute atomic E-state index is 6.06. The zero-order valence-corrected chi connectivity index (χ0v) is 15.6. The number of fused-ring (bicyclic) bond motifs is 1. The van der Waals surface area contributed by atoms with Crippen molar-refractivity contribution in [2.24, 2.45) is 0 Å². The summed E-state index contributed by atoms with van der Waals surface area (Å²) in [7, 11) is 0. The van der Waals surface area contributed by atoms with Crippen molar-refractivity contribution in [3.63, 3.8) is 0 Å². The maximum atomic E-state index is 6.06. The lowest BCUT2D eigenvalue weighted by molar-refractivity contribution is 0.663. The van der Waals surface area contributed by atoms with Gasteiger partial charge in [-0.1, -0.05) is 48.0 Å². The SMILES string of the molecule is Cc1ccc2nc(-c3ccc(Cl)cc3)n(CCCc3ccccc3)c2c1. The summed E-state index contributed by atoms with van der Waals surface area (Å²) in [5.41, 5.74) is 5.97. The van der Waals surface area contributed by atoms with Crippen LogP contribution in [0, 0.1) is 6.92 Å². The molecule has 26 heavy (non-hydrogen) atoms. The fraction of sp³-hybridized carbons (Fsp3) is 0.174. The van der Waals surface area contributed by atoms with Gasteiger partial charge in [0.15, 0.2) is 0 Å². The summed E-state index contributed by atoms with van der Waals surface area (Å²) in [6, 6.07) is 25.0. The van der Waals surface area contributed by atoms with Crippen LogP contribution in [0.4, 0.5) is 0 Å². The van der Waals surface area contributed by atoms with Crippen LogP contribution in [0.15, 0.2) is 72.8 Å². The average Bonchev–Trinajstić information content (AvgIpc) is 3.01. The van der Waals surface area contributed by atoms with Crippen molar-refractivity contribution >= 4 is 22.6 Å². The molecule has 130 valence electrons. The molecular weight excluding hydrogens is 340 g/mol. The van der Waals surface area contributed by atoms with Crippen molar-refractivity contribution in [3.05, 3.63) is 88.9 Å². The van der Waals surface area contributed by atoms with Gasteiger partial charge in [-0.25, -0.2) is 4.98 Å². The molecule has 0 saturated carbocycles. The average molecular weight is 361 g/mol. The molecule has 0 spiro atoms. The zero-order valence-electron chi connectivity index (χ0n) is 14.8. The molecule has 4 rings (SSSR count). The fourth-order valence-electron chi connectivity index (χ4n) is 3.36. The van der Waals surface area contributed by atoms with Gasteiger partial charge in [-0.3, -0.25) is 0 Å². The van der Waals surface area contributed by atoms with Gasteiger partial charge in [0.2, 0.25) is 0 Å². The molecule has 0 amide bonds. The van der Waals surface area contributed by atoms with E-state index in [1.807, 2.05) is 24.3 Å². The largest absolute Gasteiger partial charge is 0.324 e. The topological polar surface area (TPSA) is 17.8 Å². The van der Waals surface area contributed by atoms with E-state index in [4.69, 9.17) is 16.6 Å². The van der Waals surface area contributed by atoms with Crippen molar-refractivity contribution in [1.29, 1.82) is 0 Å². The smallest absolute Gasteiger partial charge is 0.141 e. The first-order chi connectivity index (χ1) is 12.7. The molecule has 0 atom stereocenters. The van der Waals surface area contributed by atoms with E-state index in [0.717, 1.165) is 41.3 Å². The van der Waals surface area contributed by atoms with Gasteiger partial charge in [-0.2, -0.15) is 0 Å². The van der Waals surface area contributed by atoms with Gasteiger partial charge in [0, 0.05) is 17.1 Å². The molecule has 2 nitrogen and oxygen atoms in total. The van der Waals surface area contributed by atoms with Crippen LogP contribution in [0.2, 0.25) is 5.02 Å².